The van der Waals surface area contributed by atoms with Gasteiger partial charge in [0.1, 0.15) is 6.04 Å². The van der Waals surface area contributed by atoms with Crippen molar-refractivity contribution in [3.63, 3.8) is 0 Å². The zero-order valence-corrected chi connectivity index (χ0v) is 18.5. The van der Waals surface area contributed by atoms with Crippen LogP contribution in [0.4, 0.5) is 5.69 Å². The van der Waals surface area contributed by atoms with Crippen molar-refractivity contribution in [2.75, 3.05) is 5.32 Å². The molecule has 2 aromatic carbocycles. The molecule has 156 valence electrons. The van der Waals surface area contributed by atoms with E-state index in [1.165, 1.54) is 11.8 Å². The van der Waals surface area contributed by atoms with Gasteiger partial charge in [0.25, 0.3) is 5.91 Å². The Labute approximate surface area is 185 Å². The Hall–Kier alpha value is -2.77. The summed E-state index contributed by atoms with van der Waals surface area (Å²) in [6, 6.07) is 13.4. The molecule has 1 atom stereocenters. The Morgan fingerprint density at radius 2 is 1.73 bits per heavy atom. The molecule has 30 heavy (non-hydrogen) atoms. The predicted molar refractivity (Wildman–Crippen MR) is 120 cm³/mol. The Morgan fingerprint density at radius 1 is 1.07 bits per heavy atom. The van der Waals surface area contributed by atoms with Crippen LogP contribution >= 0.6 is 23.4 Å². The van der Waals surface area contributed by atoms with Gasteiger partial charge >= 0.3 is 0 Å². The number of hydrogen-bond acceptors (Lipinski definition) is 4. The largest absolute Gasteiger partial charge is 0.340 e. The molecule has 3 rings (SSSR count). The van der Waals surface area contributed by atoms with Crippen molar-refractivity contribution in [2.24, 2.45) is 13.0 Å². The second-order valence-corrected chi connectivity index (χ2v) is 8.62. The third-order valence-electron chi connectivity index (χ3n) is 4.45. The number of carbonyl (C=O) groups is 2. The molecule has 1 aromatic heterocycles. The second-order valence-electron chi connectivity index (χ2n) is 7.14. The van der Waals surface area contributed by atoms with Crippen molar-refractivity contribution in [1.82, 2.24) is 14.9 Å². The van der Waals surface area contributed by atoms with E-state index in [0.29, 0.717) is 16.3 Å². The predicted octanol–water partition coefficient (Wildman–Crippen LogP) is 4.62. The maximum Gasteiger partial charge on any atom is 0.251 e. The molecule has 2 amide bonds. The van der Waals surface area contributed by atoms with Gasteiger partial charge in [-0.25, -0.2) is 4.98 Å². The maximum absolute atomic E-state index is 12.8. The van der Waals surface area contributed by atoms with Crippen molar-refractivity contribution in [1.29, 1.82) is 0 Å². The van der Waals surface area contributed by atoms with Gasteiger partial charge in [-0.1, -0.05) is 37.2 Å². The molecule has 0 aliphatic rings. The van der Waals surface area contributed by atoms with Crippen LogP contribution in [0.1, 0.15) is 24.2 Å². The third-order valence-corrected chi connectivity index (χ3v) is 5.79. The van der Waals surface area contributed by atoms with Crippen LogP contribution in [0.25, 0.3) is 0 Å². The standard InChI is InChI=1S/C22H23ClN4O2S/c1-14(2)19(26-20(28)15-4-6-16(23)7-5-15)21(29)25-17-8-10-18(11-9-17)30-22-24-12-13-27(22)3/h4-14,19H,1-3H3,(H,25,29)(H,26,28). The lowest BCUT2D eigenvalue weighted by Gasteiger charge is -2.22. The summed E-state index contributed by atoms with van der Waals surface area (Å²) in [7, 11) is 1.94. The van der Waals surface area contributed by atoms with Crippen LogP contribution in [0.3, 0.4) is 0 Å². The van der Waals surface area contributed by atoms with E-state index in [1.54, 1.807) is 30.5 Å². The van der Waals surface area contributed by atoms with Crippen molar-refractivity contribution in [3.8, 4) is 0 Å². The fourth-order valence-electron chi connectivity index (χ4n) is 2.74. The summed E-state index contributed by atoms with van der Waals surface area (Å²) in [6.07, 6.45) is 3.64. The first-order valence-electron chi connectivity index (χ1n) is 9.46. The fraction of sp³-hybridized carbons (Fsp3) is 0.227. The molecule has 3 aromatic rings. The number of rotatable bonds is 7. The molecule has 0 spiro atoms. The van der Waals surface area contributed by atoms with Gasteiger partial charge in [-0.3, -0.25) is 9.59 Å². The number of carbonyl (C=O) groups excluding carboxylic acids is 2. The Morgan fingerprint density at radius 3 is 2.30 bits per heavy atom. The highest BCUT2D eigenvalue weighted by molar-refractivity contribution is 7.99. The molecule has 1 unspecified atom stereocenters. The molecule has 0 aliphatic carbocycles. The minimum Gasteiger partial charge on any atom is -0.340 e. The van der Waals surface area contributed by atoms with Crippen LogP contribution in [0.5, 0.6) is 0 Å². The molecule has 0 saturated carbocycles. The first-order valence-corrected chi connectivity index (χ1v) is 10.7. The highest BCUT2D eigenvalue weighted by atomic mass is 35.5. The van der Waals surface area contributed by atoms with Crippen molar-refractivity contribution >= 4 is 40.9 Å². The molecule has 1 heterocycles. The number of anilines is 1. The molecular weight excluding hydrogens is 420 g/mol. The maximum atomic E-state index is 12.8. The van der Waals surface area contributed by atoms with Crippen LogP contribution < -0.4 is 10.6 Å². The summed E-state index contributed by atoms with van der Waals surface area (Å²) in [5, 5.41) is 7.13. The Balaban J connectivity index is 1.63. The lowest BCUT2D eigenvalue weighted by atomic mass is 10.0. The first-order chi connectivity index (χ1) is 14.3. The molecule has 8 heteroatoms. The Bertz CT molecular complexity index is 1020. The Kier molecular flexibility index (Phi) is 7.18. The van der Waals surface area contributed by atoms with Crippen molar-refractivity contribution < 1.29 is 9.59 Å². The molecule has 0 bridgehead atoms. The number of nitrogens with zero attached hydrogens (tertiary/aromatic N) is 2. The summed E-state index contributed by atoms with van der Waals surface area (Å²) in [6.45, 7) is 3.78. The van der Waals surface area contributed by atoms with Gasteiger partial charge in [-0.15, -0.1) is 0 Å². The summed E-state index contributed by atoms with van der Waals surface area (Å²) >= 11 is 7.41. The lowest BCUT2D eigenvalue weighted by molar-refractivity contribution is -0.118. The molecule has 0 radical (unpaired) electrons. The van der Waals surface area contributed by atoms with Crippen LogP contribution in [-0.2, 0) is 11.8 Å². The van der Waals surface area contributed by atoms with Gasteiger partial charge in [-0.05, 0) is 54.4 Å². The van der Waals surface area contributed by atoms with Crippen molar-refractivity contribution in [2.45, 2.75) is 29.9 Å². The average Bonchev–Trinajstić information content (AvgIpc) is 3.12. The first kappa shape index (κ1) is 21.9. The smallest absolute Gasteiger partial charge is 0.251 e. The van der Waals surface area contributed by atoms with E-state index in [4.69, 9.17) is 11.6 Å². The number of nitrogens with one attached hydrogen (secondary N) is 2. The van der Waals surface area contributed by atoms with Gasteiger partial charge in [0, 0.05) is 40.6 Å². The van der Waals surface area contributed by atoms with Crippen LogP contribution in [0, 0.1) is 5.92 Å². The van der Waals surface area contributed by atoms with E-state index in [2.05, 4.69) is 15.6 Å². The zero-order chi connectivity index (χ0) is 21.7. The number of aryl methyl sites for hydroxylation is 1. The monoisotopic (exact) mass is 442 g/mol. The number of amides is 2. The number of benzene rings is 2. The second kappa shape index (κ2) is 9.82. The van der Waals surface area contributed by atoms with Crippen LogP contribution in [0.2, 0.25) is 5.02 Å². The topological polar surface area (TPSA) is 76.0 Å². The third kappa shape index (κ3) is 5.64. The number of imidazole rings is 1. The number of hydrogen-bond donors (Lipinski definition) is 2. The normalized spacial score (nSPS) is 11.9. The van der Waals surface area contributed by atoms with Gasteiger partial charge in [0.15, 0.2) is 5.16 Å². The summed E-state index contributed by atoms with van der Waals surface area (Å²) in [4.78, 5) is 30.6. The van der Waals surface area contributed by atoms with Gasteiger partial charge < -0.3 is 15.2 Å². The average molecular weight is 443 g/mol. The zero-order valence-electron chi connectivity index (χ0n) is 16.9. The molecule has 2 N–H and O–H groups in total. The highest BCUT2D eigenvalue weighted by Gasteiger charge is 2.24. The van der Waals surface area contributed by atoms with Gasteiger partial charge in [-0.2, -0.15) is 0 Å². The number of aromatic nitrogens is 2. The summed E-state index contributed by atoms with van der Waals surface area (Å²) < 4.78 is 1.94. The molecule has 0 saturated heterocycles. The highest BCUT2D eigenvalue weighted by Crippen LogP contribution is 2.26. The minimum atomic E-state index is -0.671. The summed E-state index contributed by atoms with van der Waals surface area (Å²) in [5.74, 6) is -0.668. The quantitative estimate of drug-likeness (QED) is 0.559. The number of halogens is 1. The molecule has 6 nitrogen and oxygen atoms in total. The van der Waals surface area contributed by atoms with E-state index in [0.717, 1.165) is 10.1 Å². The SMILES string of the molecule is CC(C)C(NC(=O)c1ccc(Cl)cc1)C(=O)Nc1ccc(Sc2nccn2C)cc1. The minimum absolute atomic E-state index is 0.0838. The van der Waals surface area contributed by atoms with Gasteiger partial charge in [0.05, 0.1) is 0 Å². The molecule has 0 fully saturated rings. The van der Waals surface area contributed by atoms with Gasteiger partial charge in [0.2, 0.25) is 5.91 Å². The fourth-order valence-corrected chi connectivity index (χ4v) is 3.67. The van der Waals surface area contributed by atoms with Crippen LogP contribution in [-0.4, -0.2) is 27.4 Å². The van der Waals surface area contributed by atoms with E-state index >= 15 is 0 Å². The van der Waals surface area contributed by atoms with E-state index in [9.17, 15) is 9.59 Å². The summed E-state index contributed by atoms with van der Waals surface area (Å²) in [5.41, 5.74) is 1.11. The lowest BCUT2D eigenvalue weighted by Crippen LogP contribution is -2.47. The van der Waals surface area contributed by atoms with E-state index in [-0.39, 0.29) is 17.7 Å². The van der Waals surface area contributed by atoms with E-state index in [1.807, 2.05) is 55.9 Å². The molecular formula is C22H23ClN4O2S. The van der Waals surface area contributed by atoms with Crippen molar-refractivity contribution in [3.05, 3.63) is 71.5 Å². The van der Waals surface area contributed by atoms with E-state index < -0.39 is 6.04 Å². The van der Waals surface area contributed by atoms with Crippen LogP contribution in [0.15, 0.2) is 71.0 Å². The molecule has 0 aliphatic heterocycles.